The lowest BCUT2D eigenvalue weighted by atomic mass is 10.1. The number of fused-ring (bicyclic) bond motifs is 1. The van der Waals surface area contributed by atoms with Crippen molar-refractivity contribution in [3.8, 4) is 0 Å². The highest BCUT2D eigenvalue weighted by molar-refractivity contribution is 5.98. The Labute approximate surface area is 108 Å². The van der Waals surface area contributed by atoms with Gasteiger partial charge in [0.15, 0.2) is 5.82 Å². The summed E-state index contributed by atoms with van der Waals surface area (Å²) in [5.74, 6) is -0.414. The molecule has 6 heteroatoms. The number of nitrogens with two attached hydrogens (primary N) is 1. The summed E-state index contributed by atoms with van der Waals surface area (Å²) < 4.78 is 14.0. The average molecular weight is 257 g/mol. The zero-order chi connectivity index (χ0) is 13.2. The van der Waals surface area contributed by atoms with Crippen LogP contribution in [0.15, 0.2) is 36.7 Å². The second kappa shape index (κ2) is 4.56. The quantitative estimate of drug-likeness (QED) is 0.629. The van der Waals surface area contributed by atoms with Gasteiger partial charge in [-0.1, -0.05) is 0 Å². The average Bonchev–Trinajstić information content (AvgIpc) is 2.92. The van der Waals surface area contributed by atoms with Gasteiger partial charge in [0.25, 0.3) is 0 Å². The van der Waals surface area contributed by atoms with Crippen molar-refractivity contribution in [3.05, 3.63) is 48.2 Å². The molecule has 0 fully saturated rings. The van der Waals surface area contributed by atoms with Gasteiger partial charge in [0, 0.05) is 23.5 Å². The Morgan fingerprint density at radius 3 is 3.00 bits per heavy atom. The highest BCUT2D eigenvalue weighted by atomic mass is 19.1. The van der Waals surface area contributed by atoms with Gasteiger partial charge in [-0.2, -0.15) is 5.10 Å². The number of hydrogen-bond donors (Lipinski definition) is 3. The minimum Gasteiger partial charge on any atom is -0.398 e. The van der Waals surface area contributed by atoms with Gasteiger partial charge in [0.2, 0.25) is 0 Å². The summed E-state index contributed by atoms with van der Waals surface area (Å²) in [6.45, 7) is 0.437. The van der Waals surface area contributed by atoms with Crippen molar-refractivity contribution < 1.29 is 4.39 Å². The molecule has 2 heterocycles. The first-order valence-corrected chi connectivity index (χ1v) is 5.80. The van der Waals surface area contributed by atoms with E-state index in [4.69, 9.17) is 5.73 Å². The SMILES string of the molecule is Nc1cc(F)c(NCc2ccn[nH]2)c2ncccc12. The predicted octanol–water partition coefficient (Wildman–Crippen LogP) is 2.29. The summed E-state index contributed by atoms with van der Waals surface area (Å²) >= 11 is 0. The number of aromatic amines is 1. The molecular formula is C13H12FN5. The third-order valence-electron chi connectivity index (χ3n) is 2.89. The number of aromatic nitrogens is 3. The van der Waals surface area contributed by atoms with E-state index in [0.29, 0.717) is 23.4 Å². The van der Waals surface area contributed by atoms with Gasteiger partial charge in [-0.05, 0) is 24.3 Å². The van der Waals surface area contributed by atoms with Gasteiger partial charge in [0.1, 0.15) is 0 Å². The van der Waals surface area contributed by atoms with Crippen molar-refractivity contribution in [1.82, 2.24) is 15.2 Å². The predicted molar refractivity (Wildman–Crippen MR) is 72.0 cm³/mol. The zero-order valence-electron chi connectivity index (χ0n) is 10.0. The van der Waals surface area contributed by atoms with Crippen LogP contribution in [0.2, 0.25) is 0 Å². The Kier molecular flexibility index (Phi) is 2.75. The van der Waals surface area contributed by atoms with Crippen molar-refractivity contribution in [1.29, 1.82) is 0 Å². The number of nitrogens with zero attached hydrogens (tertiary/aromatic N) is 2. The fraction of sp³-hybridized carbons (Fsp3) is 0.0769. The highest BCUT2D eigenvalue weighted by Gasteiger charge is 2.11. The molecule has 0 atom stereocenters. The maximum atomic E-state index is 14.0. The molecule has 0 unspecified atom stereocenters. The van der Waals surface area contributed by atoms with Crippen molar-refractivity contribution in [2.45, 2.75) is 6.54 Å². The van der Waals surface area contributed by atoms with E-state index >= 15 is 0 Å². The molecule has 2 aromatic heterocycles. The van der Waals surface area contributed by atoms with Crippen LogP contribution in [0.5, 0.6) is 0 Å². The number of hydrogen-bond acceptors (Lipinski definition) is 4. The minimum absolute atomic E-state index is 0.347. The van der Waals surface area contributed by atoms with Crippen molar-refractivity contribution in [3.63, 3.8) is 0 Å². The first kappa shape index (κ1) is 11.5. The fourth-order valence-corrected chi connectivity index (χ4v) is 1.97. The van der Waals surface area contributed by atoms with Crippen LogP contribution in [0, 0.1) is 5.82 Å². The lowest BCUT2D eigenvalue weighted by Gasteiger charge is -2.11. The largest absolute Gasteiger partial charge is 0.398 e. The van der Waals surface area contributed by atoms with E-state index in [1.165, 1.54) is 6.07 Å². The third kappa shape index (κ3) is 2.08. The summed E-state index contributed by atoms with van der Waals surface area (Å²) in [7, 11) is 0. The van der Waals surface area contributed by atoms with E-state index in [-0.39, 0.29) is 0 Å². The maximum Gasteiger partial charge on any atom is 0.150 e. The molecule has 0 bridgehead atoms. The second-order valence-electron chi connectivity index (χ2n) is 4.16. The molecule has 0 aliphatic rings. The van der Waals surface area contributed by atoms with Crippen LogP contribution in [-0.4, -0.2) is 15.2 Å². The summed E-state index contributed by atoms with van der Waals surface area (Å²) in [6, 6.07) is 6.71. The summed E-state index contributed by atoms with van der Waals surface area (Å²) in [6.07, 6.45) is 3.26. The standard InChI is InChI=1S/C13H12FN5/c14-10-6-11(15)9-2-1-4-16-12(9)13(10)17-7-8-3-5-18-19-8/h1-6,17H,7,15H2,(H,18,19). The number of nitrogen functional groups attached to an aromatic ring is 1. The van der Waals surface area contributed by atoms with Crippen LogP contribution in [0.4, 0.5) is 15.8 Å². The van der Waals surface area contributed by atoms with E-state index in [0.717, 1.165) is 11.1 Å². The Balaban J connectivity index is 2.02. The van der Waals surface area contributed by atoms with Crippen LogP contribution in [0.1, 0.15) is 5.69 Å². The van der Waals surface area contributed by atoms with Gasteiger partial charge in [-0.25, -0.2) is 4.39 Å². The number of pyridine rings is 1. The van der Waals surface area contributed by atoms with E-state index in [1.807, 2.05) is 12.1 Å². The van der Waals surface area contributed by atoms with Crippen molar-refractivity contribution in [2.75, 3.05) is 11.1 Å². The molecule has 4 N–H and O–H groups in total. The van der Waals surface area contributed by atoms with E-state index in [1.54, 1.807) is 18.5 Å². The molecular weight excluding hydrogens is 245 g/mol. The van der Waals surface area contributed by atoms with E-state index in [9.17, 15) is 4.39 Å². The minimum atomic E-state index is -0.414. The lowest BCUT2D eigenvalue weighted by Crippen LogP contribution is -2.04. The zero-order valence-corrected chi connectivity index (χ0v) is 10.0. The van der Waals surface area contributed by atoms with Crippen LogP contribution >= 0.6 is 0 Å². The monoisotopic (exact) mass is 257 g/mol. The smallest absolute Gasteiger partial charge is 0.150 e. The third-order valence-corrected chi connectivity index (χ3v) is 2.89. The lowest BCUT2D eigenvalue weighted by molar-refractivity contribution is 0.632. The normalized spacial score (nSPS) is 10.8. The van der Waals surface area contributed by atoms with Gasteiger partial charge in [-0.3, -0.25) is 10.1 Å². The summed E-state index contributed by atoms with van der Waals surface area (Å²) in [4.78, 5) is 4.19. The Hall–Kier alpha value is -2.63. The molecule has 0 aliphatic heterocycles. The van der Waals surface area contributed by atoms with Gasteiger partial charge >= 0.3 is 0 Å². The van der Waals surface area contributed by atoms with Gasteiger partial charge in [-0.15, -0.1) is 0 Å². The molecule has 3 aromatic rings. The van der Waals surface area contributed by atoms with Gasteiger partial charge in [0.05, 0.1) is 23.4 Å². The topological polar surface area (TPSA) is 79.6 Å². The maximum absolute atomic E-state index is 14.0. The van der Waals surface area contributed by atoms with Crippen LogP contribution in [-0.2, 0) is 6.54 Å². The molecule has 0 saturated heterocycles. The second-order valence-corrected chi connectivity index (χ2v) is 4.16. The Bertz CT molecular complexity index is 708. The molecule has 1 aromatic carbocycles. The molecule has 96 valence electrons. The van der Waals surface area contributed by atoms with E-state index < -0.39 is 5.82 Å². The molecule has 0 saturated carbocycles. The number of halogens is 1. The molecule has 5 nitrogen and oxygen atoms in total. The van der Waals surface area contributed by atoms with E-state index in [2.05, 4.69) is 20.5 Å². The highest BCUT2D eigenvalue weighted by Crippen LogP contribution is 2.29. The number of rotatable bonds is 3. The summed E-state index contributed by atoms with van der Waals surface area (Å²) in [5.41, 5.74) is 7.91. The number of H-pyrrole nitrogens is 1. The summed E-state index contributed by atoms with van der Waals surface area (Å²) in [5, 5.41) is 10.4. The Morgan fingerprint density at radius 2 is 2.21 bits per heavy atom. The fourth-order valence-electron chi connectivity index (χ4n) is 1.97. The Morgan fingerprint density at radius 1 is 1.32 bits per heavy atom. The molecule has 0 aliphatic carbocycles. The molecule has 3 rings (SSSR count). The molecule has 19 heavy (non-hydrogen) atoms. The van der Waals surface area contributed by atoms with Crippen molar-refractivity contribution >= 4 is 22.3 Å². The van der Waals surface area contributed by atoms with Crippen molar-refractivity contribution in [2.24, 2.45) is 0 Å². The molecule has 0 amide bonds. The number of benzene rings is 1. The van der Waals surface area contributed by atoms with Gasteiger partial charge < -0.3 is 11.1 Å². The molecule has 0 spiro atoms. The number of anilines is 2. The first-order chi connectivity index (χ1) is 9.25. The first-order valence-electron chi connectivity index (χ1n) is 5.80. The van der Waals surface area contributed by atoms with Crippen LogP contribution < -0.4 is 11.1 Å². The molecule has 0 radical (unpaired) electrons. The van der Waals surface area contributed by atoms with Crippen LogP contribution in [0.25, 0.3) is 10.9 Å². The number of nitrogens with one attached hydrogen (secondary N) is 2. The van der Waals surface area contributed by atoms with Crippen LogP contribution in [0.3, 0.4) is 0 Å².